The van der Waals surface area contributed by atoms with Gasteiger partial charge in [0, 0.05) is 18.5 Å². The number of anilines is 1. The molecule has 0 spiro atoms. The Hall–Kier alpha value is -2.01. The highest BCUT2D eigenvalue weighted by Gasteiger charge is 2.12. The summed E-state index contributed by atoms with van der Waals surface area (Å²) in [5.74, 6) is -2.19. The van der Waals surface area contributed by atoms with Gasteiger partial charge in [-0.25, -0.2) is 8.78 Å². The van der Waals surface area contributed by atoms with Crippen molar-refractivity contribution >= 4 is 23.2 Å². The average molecular weight is 269 g/mol. The fourth-order valence-electron chi connectivity index (χ4n) is 1.33. The molecular weight excluding hydrogens is 262 g/mol. The number of amides is 1. The van der Waals surface area contributed by atoms with Crippen LogP contribution < -0.4 is 5.32 Å². The first-order valence-electron chi connectivity index (χ1n) is 4.94. The lowest BCUT2D eigenvalue weighted by atomic mass is 10.2. The van der Waals surface area contributed by atoms with Crippen LogP contribution in [0.4, 0.5) is 14.5 Å². The van der Waals surface area contributed by atoms with E-state index in [0.29, 0.717) is 6.07 Å². The number of nitrogens with zero attached hydrogens (tertiary/aromatic N) is 1. The second kappa shape index (κ2) is 5.10. The smallest absolute Gasteiger partial charge is 0.258 e. The predicted molar refractivity (Wildman–Crippen MR) is 63.6 cm³/mol. The van der Waals surface area contributed by atoms with E-state index in [-0.39, 0.29) is 16.3 Å². The van der Waals surface area contributed by atoms with Crippen LogP contribution in [0, 0.1) is 11.6 Å². The van der Waals surface area contributed by atoms with Crippen molar-refractivity contribution in [2.24, 2.45) is 0 Å². The molecule has 2 rings (SSSR count). The molecule has 0 atom stereocenters. The Balaban J connectivity index is 2.24. The molecule has 1 heterocycles. The number of halogens is 3. The number of hydrogen-bond donors (Lipinski definition) is 1. The van der Waals surface area contributed by atoms with E-state index in [0.717, 1.165) is 12.1 Å². The van der Waals surface area contributed by atoms with Crippen molar-refractivity contribution in [1.29, 1.82) is 0 Å². The summed E-state index contributed by atoms with van der Waals surface area (Å²) in [6.45, 7) is 0. The molecule has 0 aliphatic rings. The summed E-state index contributed by atoms with van der Waals surface area (Å²) < 4.78 is 26.0. The summed E-state index contributed by atoms with van der Waals surface area (Å²) >= 11 is 5.80. The molecule has 0 bridgehead atoms. The van der Waals surface area contributed by atoms with Gasteiger partial charge in [0.25, 0.3) is 5.91 Å². The molecule has 0 saturated carbocycles. The fourth-order valence-corrected chi connectivity index (χ4v) is 1.52. The SMILES string of the molecule is O=C(Nc1ccc(F)cc1F)c1cnccc1Cl. The summed E-state index contributed by atoms with van der Waals surface area (Å²) in [7, 11) is 0. The van der Waals surface area contributed by atoms with Gasteiger partial charge < -0.3 is 5.32 Å². The number of carbonyl (C=O) groups excluding carboxylic acids is 1. The maximum absolute atomic E-state index is 13.3. The third-order valence-corrected chi connectivity index (χ3v) is 2.52. The lowest BCUT2D eigenvalue weighted by molar-refractivity contribution is 0.102. The first kappa shape index (κ1) is 12.4. The second-order valence-electron chi connectivity index (χ2n) is 3.43. The first-order valence-corrected chi connectivity index (χ1v) is 5.31. The van der Waals surface area contributed by atoms with Gasteiger partial charge in [-0.2, -0.15) is 0 Å². The van der Waals surface area contributed by atoms with Crippen LogP contribution in [-0.4, -0.2) is 10.9 Å². The Morgan fingerprint density at radius 3 is 2.72 bits per heavy atom. The van der Waals surface area contributed by atoms with E-state index in [1.165, 1.54) is 18.5 Å². The van der Waals surface area contributed by atoms with Crippen LogP contribution in [0.3, 0.4) is 0 Å². The molecule has 2 aromatic rings. The Labute approximate surface area is 106 Å². The zero-order chi connectivity index (χ0) is 13.1. The molecular formula is C12H7ClF2N2O. The van der Waals surface area contributed by atoms with E-state index < -0.39 is 17.5 Å². The number of aromatic nitrogens is 1. The van der Waals surface area contributed by atoms with E-state index in [9.17, 15) is 13.6 Å². The lowest BCUT2D eigenvalue weighted by Crippen LogP contribution is -2.13. The van der Waals surface area contributed by atoms with Gasteiger partial charge in [-0.3, -0.25) is 9.78 Å². The van der Waals surface area contributed by atoms with Crippen LogP contribution in [0.1, 0.15) is 10.4 Å². The van der Waals surface area contributed by atoms with Gasteiger partial charge in [0.1, 0.15) is 11.6 Å². The molecule has 6 heteroatoms. The lowest BCUT2D eigenvalue weighted by Gasteiger charge is -2.07. The quantitative estimate of drug-likeness (QED) is 0.908. The van der Waals surface area contributed by atoms with E-state index in [2.05, 4.69) is 10.3 Å². The van der Waals surface area contributed by atoms with Gasteiger partial charge >= 0.3 is 0 Å². The molecule has 0 fully saturated rings. The van der Waals surface area contributed by atoms with E-state index in [1.807, 2.05) is 0 Å². The third kappa shape index (κ3) is 2.62. The molecule has 0 radical (unpaired) electrons. The van der Waals surface area contributed by atoms with E-state index in [4.69, 9.17) is 11.6 Å². The molecule has 0 aliphatic heterocycles. The fraction of sp³-hybridized carbons (Fsp3) is 0. The number of pyridine rings is 1. The Kier molecular flexibility index (Phi) is 3.53. The van der Waals surface area contributed by atoms with Crippen molar-refractivity contribution in [1.82, 2.24) is 4.98 Å². The minimum absolute atomic E-state index is 0.114. The third-order valence-electron chi connectivity index (χ3n) is 2.19. The Morgan fingerprint density at radius 2 is 2.06 bits per heavy atom. The van der Waals surface area contributed by atoms with Crippen molar-refractivity contribution in [3.63, 3.8) is 0 Å². The topological polar surface area (TPSA) is 42.0 Å². The standard InChI is InChI=1S/C12H7ClF2N2O/c13-9-3-4-16-6-8(9)12(18)17-11-2-1-7(14)5-10(11)15/h1-6H,(H,17,18). The van der Waals surface area contributed by atoms with Gasteiger partial charge in [-0.05, 0) is 18.2 Å². The molecule has 1 amide bonds. The molecule has 1 aromatic heterocycles. The maximum Gasteiger partial charge on any atom is 0.258 e. The normalized spacial score (nSPS) is 10.2. The molecule has 0 aliphatic carbocycles. The summed E-state index contributed by atoms with van der Waals surface area (Å²) in [6.07, 6.45) is 2.69. The van der Waals surface area contributed by atoms with Crippen LogP contribution >= 0.6 is 11.6 Å². The number of nitrogens with one attached hydrogen (secondary N) is 1. The van der Waals surface area contributed by atoms with Crippen LogP contribution in [-0.2, 0) is 0 Å². The molecule has 92 valence electrons. The minimum atomic E-state index is -0.858. The number of rotatable bonds is 2. The summed E-state index contributed by atoms with van der Waals surface area (Å²) in [5, 5.41) is 2.49. The largest absolute Gasteiger partial charge is 0.319 e. The van der Waals surface area contributed by atoms with E-state index in [1.54, 1.807) is 0 Å². The second-order valence-corrected chi connectivity index (χ2v) is 3.84. The van der Waals surface area contributed by atoms with Gasteiger partial charge in [-0.15, -0.1) is 0 Å². The number of carbonyl (C=O) groups is 1. The zero-order valence-corrected chi connectivity index (χ0v) is 9.71. The Bertz CT molecular complexity index is 604. The highest BCUT2D eigenvalue weighted by atomic mass is 35.5. The molecule has 1 N–H and O–H groups in total. The monoisotopic (exact) mass is 268 g/mol. The molecule has 0 saturated heterocycles. The minimum Gasteiger partial charge on any atom is -0.319 e. The van der Waals surface area contributed by atoms with Crippen molar-refractivity contribution < 1.29 is 13.6 Å². The zero-order valence-electron chi connectivity index (χ0n) is 8.95. The van der Waals surface area contributed by atoms with Gasteiger partial charge in [0.15, 0.2) is 0 Å². The Morgan fingerprint density at radius 1 is 1.28 bits per heavy atom. The molecule has 1 aromatic carbocycles. The van der Waals surface area contributed by atoms with Crippen molar-refractivity contribution in [3.8, 4) is 0 Å². The highest BCUT2D eigenvalue weighted by molar-refractivity contribution is 6.34. The number of hydrogen-bond acceptors (Lipinski definition) is 2. The molecule has 3 nitrogen and oxygen atoms in total. The summed E-state index contributed by atoms with van der Waals surface area (Å²) in [6, 6.07) is 4.30. The van der Waals surface area contributed by atoms with Gasteiger partial charge in [-0.1, -0.05) is 11.6 Å². The first-order chi connectivity index (χ1) is 8.58. The van der Waals surface area contributed by atoms with Crippen molar-refractivity contribution in [3.05, 3.63) is 58.9 Å². The van der Waals surface area contributed by atoms with Crippen LogP contribution in [0.5, 0.6) is 0 Å². The predicted octanol–water partition coefficient (Wildman–Crippen LogP) is 3.27. The van der Waals surface area contributed by atoms with Gasteiger partial charge in [0.05, 0.1) is 16.3 Å². The maximum atomic E-state index is 13.3. The van der Waals surface area contributed by atoms with E-state index >= 15 is 0 Å². The van der Waals surface area contributed by atoms with Crippen LogP contribution in [0.25, 0.3) is 0 Å². The van der Waals surface area contributed by atoms with Crippen molar-refractivity contribution in [2.75, 3.05) is 5.32 Å². The highest BCUT2D eigenvalue weighted by Crippen LogP contribution is 2.18. The molecule has 0 unspecified atom stereocenters. The summed E-state index contributed by atoms with van der Waals surface area (Å²) in [4.78, 5) is 15.5. The van der Waals surface area contributed by atoms with Crippen molar-refractivity contribution in [2.45, 2.75) is 0 Å². The van der Waals surface area contributed by atoms with Crippen LogP contribution in [0.2, 0.25) is 5.02 Å². The summed E-state index contributed by atoms with van der Waals surface area (Å²) in [5.41, 5.74) is -0.00999. The van der Waals surface area contributed by atoms with Crippen LogP contribution in [0.15, 0.2) is 36.7 Å². The average Bonchev–Trinajstić information content (AvgIpc) is 2.33. The number of benzene rings is 1. The van der Waals surface area contributed by atoms with Gasteiger partial charge in [0.2, 0.25) is 0 Å². The molecule has 18 heavy (non-hydrogen) atoms.